The summed E-state index contributed by atoms with van der Waals surface area (Å²) in [4.78, 5) is 17.2. The number of pyridine rings is 1. The zero-order valence-electron chi connectivity index (χ0n) is 14.7. The van der Waals surface area contributed by atoms with Crippen molar-refractivity contribution in [1.82, 2.24) is 9.88 Å². The van der Waals surface area contributed by atoms with Crippen molar-refractivity contribution in [2.75, 3.05) is 5.32 Å². The number of carbonyl (C=O) groups is 1. The van der Waals surface area contributed by atoms with Crippen molar-refractivity contribution in [3.8, 4) is 0 Å². The van der Waals surface area contributed by atoms with Crippen LogP contribution in [0.25, 0.3) is 0 Å². The van der Waals surface area contributed by atoms with Crippen LogP contribution < -0.4 is 5.32 Å². The quantitative estimate of drug-likeness (QED) is 0.755. The number of halogens is 4. The summed E-state index contributed by atoms with van der Waals surface area (Å²) >= 11 is 6.02. The van der Waals surface area contributed by atoms with E-state index in [0.717, 1.165) is 18.7 Å². The Morgan fingerprint density at radius 1 is 1.42 bits per heavy atom. The zero-order chi connectivity index (χ0) is 19.5. The van der Waals surface area contributed by atoms with Crippen LogP contribution in [0.1, 0.15) is 45.6 Å². The molecule has 2 aliphatic rings. The Labute approximate surface area is 154 Å². The van der Waals surface area contributed by atoms with Gasteiger partial charge in [0.25, 0.3) is 0 Å². The first-order valence-corrected chi connectivity index (χ1v) is 8.77. The minimum Gasteiger partial charge on any atom is -0.465 e. The predicted molar refractivity (Wildman–Crippen MR) is 91.3 cm³/mol. The van der Waals surface area contributed by atoms with Crippen LogP contribution in [0.5, 0.6) is 0 Å². The summed E-state index contributed by atoms with van der Waals surface area (Å²) < 4.78 is 38.4. The second-order valence-corrected chi connectivity index (χ2v) is 8.41. The molecule has 9 heteroatoms. The van der Waals surface area contributed by atoms with E-state index in [1.807, 2.05) is 20.8 Å². The molecular weight excluding hydrogens is 371 g/mol. The fraction of sp³-hybridized carbons (Fsp3) is 0.647. The Morgan fingerprint density at radius 3 is 2.58 bits per heavy atom. The molecule has 3 atom stereocenters. The number of alkyl halides is 3. The summed E-state index contributed by atoms with van der Waals surface area (Å²) in [5.74, 6) is 0.145. The van der Waals surface area contributed by atoms with Crippen LogP contribution in [0.3, 0.4) is 0 Å². The molecule has 1 unspecified atom stereocenters. The first-order chi connectivity index (χ1) is 11.9. The highest BCUT2D eigenvalue weighted by Crippen LogP contribution is 2.56. The predicted octanol–water partition coefficient (Wildman–Crippen LogP) is 4.87. The van der Waals surface area contributed by atoms with Crippen molar-refractivity contribution in [2.45, 2.75) is 63.8 Å². The number of rotatable bonds is 2. The van der Waals surface area contributed by atoms with Crippen molar-refractivity contribution >= 4 is 23.5 Å². The highest BCUT2D eigenvalue weighted by molar-refractivity contribution is 6.33. The first-order valence-electron chi connectivity index (χ1n) is 8.39. The Bertz CT molecular complexity index is 735. The van der Waals surface area contributed by atoms with E-state index in [9.17, 15) is 23.1 Å². The average Bonchev–Trinajstić information content (AvgIpc) is 3.02. The van der Waals surface area contributed by atoms with Crippen LogP contribution in [0.4, 0.5) is 23.8 Å². The Morgan fingerprint density at radius 2 is 2.08 bits per heavy atom. The van der Waals surface area contributed by atoms with Crippen LogP contribution in [-0.4, -0.2) is 38.7 Å². The molecule has 1 aromatic heterocycles. The molecule has 2 fully saturated rings. The molecule has 0 spiro atoms. The second kappa shape index (κ2) is 5.90. The van der Waals surface area contributed by atoms with Crippen molar-refractivity contribution in [3.63, 3.8) is 0 Å². The maximum Gasteiger partial charge on any atom is 0.417 e. The molecule has 2 saturated heterocycles. The van der Waals surface area contributed by atoms with Gasteiger partial charge in [-0.05, 0) is 30.7 Å². The molecule has 1 amide bonds. The largest absolute Gasteiger partial charge is 0.465 e. The zero-order valence-corrected chi connectivity index (χ0v) is 15.4. The molecule has 144 valence electrons. The normalized spacial score (nSPS) is 28.5. The van der Waals surface area contributed by atoms with E-state index in [-0.39, 0.29) is 28.3 Å². The molecule has 2 aliphatic heterocycles. The van der Waals surface area contributed by atoms with Crippen LogP contribution in [0.15, 0.2) is 12.3 Å². The lowest BCUT2D eigenvalue weighted by Crippen LogP contribution is -2.60. The lowest BCUT2D eigenvalue weighted by Gasteiger charge is -2.48. The maximum absolute atomic E-state index is 12.8. The van der Waals surface area contributed by atoms with E-state index in [1.165, 1.54) is 4.90 Å². The van der Waals surface area contributed by atoms with Crippen LogP contribution in [0, 0.1) is 5.41 Å². The van der Waals surface area contributed by atoms with Gasteiger partial charge in [-0.1, -0.05) is 32.4 Å². The number of hydrogen-bond donors (Lipinski definition) is 2. The maximum atomic E-state index is 12.8. The molecule has 0 saturated carbocycles. The van der Waals surface area contributed by atoms with Gasteiger partial charge in [-0.2, -0.15) is 13.2 Å². The molecule has 3 rings (SSSR count). The molecule has 0 radical (unpaired) electrons. The molecule has 0 aromatic carbocycles. The fourth-order valence-electron chi connectivity index (χ4n) is 4.62. The number of amides is 1. The number of fused-ring (bicyclic) bond motifs is 2. The van der Waals surface area contributed by atoms with Gasteiger partial charge in [-0.15, -0.1) is 0 Å². The Hall–Kier alpha value is -1.70. The van der Waals surface area contributed by atoms with Gasteiger partial charge in [-0.3, -0.25) is 4.90 Å². The molecule has 1 aromatic rings. The van der Waals surface area contributed by atoms with E-state index in [4.69, 9.17) is 11.6 Å². The number of aromatic nitrogens is 1. The minimum absolute atomic E-state index is 0.113. The summed E-state index contributed by atoms with van der Waals surface area (Å²) in [6.07, 6.45) is -2.73. The highest BCUT2D eigenvalue weighted by atomic mass is 35.5. The molecule has 5 nitrogen and oxygen atoms in total. The smallest absolute Gasteiger partial charge is 0.417 e. The van der Waals surface area contributed by atoms with E-state index < -0.39 is 23.4 Å². The van der Waals surface area contributed by atoms with Gasteiger partial charge < -0.3 is 10.4 Å². The van der Waals surface area contributed by atoms with Gasteiger partial charge in [0.05, 0.1) is 22.2 Å². The summed E-state index contributed by atoms with van der Waals surface area (Å²) in [6, 6.07) is 0.444. The highest BCUT2D eigenvalue weighted by Gasteiger charge is 2.65. The van der Waals surface area contributed by atoms with Gasteiger partial charge in [0.2, 0.25) is 0 Å². The van der Waals surface area contributed by atoms with Crippen molar-refractivity contribution in [3.05, 3.63) is 22.8 Å². The summed E-state index contributed by atoms with van der Waals surface area (Å²) in [5.41, 5.74) is -1.96. The number of anilines is 1. The fourth-order valence-corrected chi connectivity index (χ4v) is 4.84. The first kappa shape index (κ1) is 19.1. The molecule has 2 bridgehead atoms. The Kier molecular flexibility index (Phi) is 4.33. The van der Waals surface area contributed by atoms with Crippen LogP contribution in [0.2, 0.25) is 5.02 Å². The number of nitrogens with zero attached hydrogens (tertiary/aromatic N) is 2. The van der Waals surface area contributed by atoms with Gasteiger partial charge >= 0.3 is 12.3 Å². The van der Waals surface area contributed by atoms with Gasteiger partial charge in [0.15, 0.2) is 0 Å². The minimum atomic E-state index is -4.52. The topological polar surface area (TPSA) is 65.5 Å². The number of carboxylic acid groups (broad SMARTS) is 1. The van der Waals surface area contributed by atoms with E-state index in [1.54, 1.807) is 0 Å². The summed E-state index contributed by atoms with van der Waals surface area (Å²) in [7, 11) is 0. The van der Waals surface area contributed by atoms with Crippen molar-refractivity contribution in [2.24, 2.45) is 5.41 Å². The van der Waals surface area contributed by atoms with Crippen molar-refractivity contribution < 1.29 is 23.1 Å². The van der Waals surface area contributed by atoms with Crippen molar-refractivity contribution in [1.29, 1.82) is 0 Å². The Balaban J connectivity index is 1.94. The number of hydrogen-bond acceptors (Lipinski definition) is 3. The van der Waals surface area contributed by atoms with E-state index in [0.29, 0.717) is 12.8 Å². The van der Waals surface area contributed by atoms with Gasteiger partial charge in [-0.25, -0.2) is 9.78 Å². The third-order valence-electron chi connectivity index (χ3n) is 5.72. The molecule has 2 N–H and O–H groups in total. The molecule has 3 heterocycles. The molecule has 26 heavy (non-hydrogen) atoms. The lowest BCUT2D eigenvalue weighted by atomic mass is 9.66. The SMILES string of the molecule is CC(C)(C)C12CC[C@H](C[C@H]1Nc1ncc(C(F)(F)F)cc1Cl)N2C(=O)O. The lowest BCUT2D eigenvalue weighted by molar-refractivity contribution is -0.137. The van der Waals surface area contributed by atoms with E-state index in [2.05, 4.69) is 10.3 Å². The monoisotopic (exact) mass is 391 g/mol. The summed E-state index contributed by atoms with van der Waals surface area (Å²) in [5, 5.41) is 12.7. The van der Waals surface area contributed by atoms with Crippen LogP contribution >= 0.6 is 11.6 Å². The standard InChI is InChI=1S/C17H21ClF3N3O2/c1-15(2,3)16-5-4-10(24(16)14(25)26)7-12(16)23-13-11(18)6-9(8-22-13)17(19,20)21/h6,8,10,12H,4-5,7H2,1-3H3,(H,22,23)(H,25,26)/t10-,12-,16?/m1/s1. The summed E-state index contributed by atoms with van der Waals surface area (Å²) in [6.45, 7) is 5.94. The third kappa shape index (κ3) is 2.78. The molecule has 0 aliphatic carbocycles. The number of nitrogens with one attached hydrogen (secondary N) is 1. The van der Waals surface area contributed by atoms with Crippen LogP contribution in [-0.2, 0) is 6.18 Å². The average molecular weight is 392 g/mol. The van der Waals surface area contributed by atoms with Gasteiger partial charge in [0.1, 0.15) is 5.82 Å². The second-order valence-electron chi connectivity index (χ2n) is 8.00. The molecular formula is C17H21ClF3N3O2. The van der Waals surface area contributed by atoms with E-state index >= 15 is 0 Å². The van der Waals surface area contributed by atoms with Gasteiger partial charge in [0, 0.05) is 12.2 Å². The third-order valence-corrected chi connectivity index (χ3v) is 6.01.